The van der Waals surface area contributed by atoms with E-state index in [1.807, 2.05) is 0 Å². The van der Waals surface area contributed by atoms with Crippen LogP contribution in [0.15, 0.2) is 18.2 Å². The Morgan fingerprint density at radius 2 is 1.96 bits per heavy atom. The standard InChI is InChI=1S/C19H25F2NO5/c1-3-25-16-10-13(8-9-15(16)27-19(20)21)18(24)26-11-17(23)22-14-7-5-4-6-12(14)2/h8-10,12,14,19H,3-7,11H2,1-2H3,(H,22,23)/t12-,14+/m1/s1. The molecule has 0 unspecified atom stereocenters. The van der Waals surface area contributed by atoms with Gasteiger partial charge in [-0.05, 0) is 43.9 Å². The molecular weight excluding hydrogens is 360 g/mol. The number of carbonyl (C=O) groups excluding carboxylic acids is 2. The molecule has 1 aliphatic carbocycles. The first-order chi connectivity index (χ1) is 12.9. The lowest BCUT2D eigenvalue weighted by Crippen LogP contribution is -2.42. The average Bonchev–Trinajstić information content (AvgIpc) is 2.63. The second-order valence-electron chi connectivity index (χ2n) is 6.48. The van der Waals surface area contributed by atoms with Gasteiger partial charge in [0, 0.05) is 6.04 Å². The molecule has 0 aliphatic heterocycles. The van der Waals surface area contributed by atoms with Crippen molar-refractivity contribution in [3.63, 3.8) is 0 Å². The molecule has 0 radical (unpaired) electrons. The van der Waals surface area contributed by atoms with Crippen LogP contribution in [0.25, 0.3) is 0 Å². The monoisotopic (exact) mass is 385 g/mol. The maximum Gasteiger partial charge on any atom is 0.387 e. The predicted molar refractivity (Wildman–Crippen MR) is 94.1 cm³/mol. The number of halogens is 2. The van der Waals surface area contributed by atoms with Gasteiger partial charge in [-0.15, -0.1) is 0 Å². The molecule has 1 amide bonds. The van der Waals surface area contributed by atoms with Crippen LogP contribution >= 0.6 is 0 Å². The van der Waals surface area contributed by atoms with Crippen LogP contribution in [-0.2, 0) is 9.53 Å². The fourth-order valence-electron chi connectivity index (χ4n) is 3.09. The van der Waals surface area contributed by atoms with Gasteiger partial charge in [-0.2, -0.15) is 8.78 Å². The van der Waals surface area contributed by atoms with Crippen molar-refractivity contribution in [1.82, 2.24) is 5.32 Å². The van der Waals surface area contributed by atoms with Gasteiger partial charge in [0.25, 0.3) is 5.91 Å². The van der Waals surface area contributed by atoms with E-state index in [2.05, 4.69) is 17.0 Å². The zero-order chi connectivity index (χ0) is 19.8. The summed E-state index contributed by atoms with van der Waals surface area (Å²) in [5.74, 6) is -0.870. The van der Waals surface area contributed by atoms with Gasteiger partial charge in [-0.1, -0.05) is 19.8 Å². The topological polar surface area (TPSA) is 73.9 Å². The number of nitrogens with one attached hydrogen (secondary N) is 1. The first-order valence-corrected chi connectivity index (χ1v) is 9.08. The Kier molecular flexibility index (Phi) is 7.82. The average molecular weight is 385 g/mol. The van der Waals surface area contributed by atoms with E-state index in [1.165, 1.54) is 18.2 Å². The van der Waals surface area contributed by atoms with Crippen LogP contribution < -0.4 is 14.8 Å². The molecule has 0 bridgehead atoms. The van der Waals surface area contributed by atoms with Crippen molar-refractivity contribution in [2.24, 2.45) is 5.92 Å². The van der Waals surface area contributed by atoms with Gasteiger partial charge in [0.15, 0.2) is 18.1 Å². The van der Waals surface area contributed by atoms with Crippen molar-refractivity contribution >= 4 is 11.9 Å². The molecule has 8 heteroatoms. The lowest BCUT2D eigenvalue weighted by Gasteiger charge is -2.29. The molecule has 0 spiro atoms. The summed E-state index contributed by atoms with van der Waals surface area (Å²) in [5, 5.41) is 2.89. The summed E-state index contributed by atoms with van der Waals surface area (Å²) in [5.41, 5.74) is 0.0823. The van der Waals surface area contributed by atoms with E-state index in [0.29, 0.717) is 5.92 Å². The summed E-state index contributed by atoms with van der Waals surface area (Å²) in [6.07, 6.45) is 4.22. The number of benzene rings is 1. The van der Waals surface area contributed by atoms with Crippen molar-refractivity contribution in [3.8, 4) is 11.5 Å². The van der Waals surface area contributed by atoms with Gasteiger partial charge >= 0.3 is 12.6 Å². The molecular formula is C19H25F2NO5. The summed E-state index contributed by atoms with van der Waals surface area (Å²) >= 11 is 0. The molecule has 2 atom stereocenters. The summed E-state index contributed by atoms with van der Waals surface area (Å²) in [6, 6.07) is 3.84. The molecule has 2 rings (SSSR count). The third kappa shape index (κ3) is 6.37. The second-order valence-corrected chi connectivity index (χ2v) is 6.48. The number of carbonyl (C=O) groups is 2. The first-order valence-electron chi connectivity index (χ1n) is 9.08. The van der Waals surface area contributed by atoms with E-state index in [9.17, 15) is 18.4 Å². The summed E-state index contributed by atoms with van der Waals surface area (Å²) in [4.78, 5) is 24.2. The highest BCUT2D eigenvalue weighted by Crippen LogP contribution is 2.30. The summed E-state index contributed by atoms with van der Waals surface area (Å²) in [7, 11) is 0. The van der Waals surface area contributed by atoms with E-state index in [4.69, 9.17) is 9.47 Å². The predicted octanol–water partition coefficient (Wildman–Crippen LogP) is 3.54. The zero-order valence-electron chi connectivity index (χ0n) is 15.5. The third-order valence-electron chi connectivity index (χ3n) is 4.49. The maximum atomic E-state index is 12.4. The molecule has 27 heavy (non-hydrogen) atoms. The van der Waals surface area contributed by atoms with Gasteiger partial charge in [-0.25, -0.2) is 4.79 Å². The van der Waals surface area contributed by atoms with Crippen LogP contribution in [0.2, 0.25) is 0 Å². The van der Waals surface area contributed by atoms with Crippen molar-refractivity contribution in [1.29, 1.82) is 0 Å². The lowest BCUT2D eigenvalue weighted by molar-refractivity contribution is -0.125. The van der Waals surface area contributed by atoms with Gasteiger partial charge in [0.2, 0.25) is 0 Å². The lowest BCUT2D eigenvalue weighted by atomic mass is 9.86. The number of rotatable bonds is 8. The number of hydrogen-bond donors (Lipinski definition) is 1. The van der Waals surface area contributed by atoms with Crippen molar-refractivity contribution in [2.45, 2.75) is 52.2 Å². The highest BCUT2D eigenvalue weighted by atomic mass is 19.3. The summed E-state index contributed by atoms with van der Waals surface area (Å²) < 4.78 is 39.4. The minimum absolute atomic E-state index is 0.00716. The van der Waals surface area contributed by atoms with E-state index in [0.717, 1.165) is 25.7 Å². The van der Waals surface area contributed by atoms with Crippen LogP contribution in [-0.4, -0.2) is 37.7 Å². The molecule has 6 nitrogen and oxygen atoms in total. The Morgan fingerprint density at radius 1 is 1.22 bits per heavy atom. The Morgan fingerprint density at radius 3 is 2.63 bits per heavy atom. The maximum absolute atomic E-state index is 12.4. The normalized spacial score (nSPS) is 19.4. The Labute approximate surface area is 157 Å². The van der Waals surface area contributed by atoms with Crippen LogP contribution in [0.5, 0.6) is 11.5 Å². The highest BCUT2D eigenvalue weighted by molar-refractivity contribution is 5.92. The number of alkyl halides is 2. The third-order valence-corrected chi connectivity index (χ3v) is 4.49. The quantitative estimate of drug-likeness (QED) is 0.693. The van der Waals surface area contributed by atoms with Gasteiger partial charge in [0.05, 0.1) is 12.2 Å². The van der Waals surface area contributed by atoms with Crippen molar-refractivity contribution < 1.29 is 32.6 Å². The number of ether oxygens (including phenoxy) is 3. The molecule has 1 fully saturated rings. The first kappa shape index (κ1) is 20.9. The van der Waals surface area contributed by atoms with Crippen LogP contribution in [0.1, 0.15) is 49.9 Å². The largest absolute Gasteiger partial charge is 0.490 e. The van der Waals surface area contributed by atoms with E-state index >= 15 is 0 Å². The minimum atomic E-state index is -3.01. The van der Waals surface area contributed by atoms with E-state index in [-0.39, 0.29) is 35.6 Å². The van der Waals surface area contributed by atoms with Gasteiger partial charge in [0.1, 0.15) is 0 Å². The summed E-state index contributed by atoms with van der Waals surface area (Å²) in [6.45, 7) is 0.566. The second kappa shape index (κ2) is 10.1. The Balaban J connectivity index is 1.92. The van der Waals surface area contributed by atoms with Crippen LogP contribution in [0.3, 0.4) is 0 Å². The van der Waals surface area contributed by atoms with E-state index < -0.39 is 19.2 Å². The molecule has 0 saturated heterocycles. The molecule has 150 valence electrons. The molecule has 1 aromatic rings. The van der Waals surface area contributed by atoms with Crippen molar-refractivity contribution in [2.75, 3.05) is 13.2 Å². The number of amides is 1. The number of hydrogen-bond acceptors (Lipinski definition) is 5. The molecule has 1 aliphatic rings. The zero-order valence-corrected chi connectivity index (χ0v) is 15.5. The van der Waals surface area contributed by atoms with Crippen LogP contribution in [0.4, 0.5) is 8.78 Å². The molecule has 1 aromatic carbocycles. The number of esters is 1. The Hall–Kier alpha value is -2.38. The highest BCUT2D eigenvalue weighted by Gasteiger charge is 2.23. The smallest absolute Gasteiger partial charge is 0.387 e. The fraction of sp³-hybridized carbons (Fsp3) is 0.579. The molecule has 0 heterocycles. The molecule has 1 saturated carbocycles. The fourth-order valence-corrected chi connectivity index (χ4v) is 3.09. The SMILES string of the molecule is CCOc1cc(C(=O)OCC(=O)N[C@H]2CCCC[C@H]2C)ccc1OC(F)F. The molecule has 0 aromatic heterocycles. The van der Waals surface area contributed by atoms with E-state index in [1.54, 1.807) is 6.92 Å². The molecule has 1 N–H and O–H groups in total. The van der Waals surface area contributed by atoms with Gasteiger partial charge in [-0.3, -0.25) is 4.79 Å². The Bertz CT molecular complexity index is 653. The van der Waals surface area contributed by atoms with Gasteiger partial charge < -0.3 is 19.5 Å². The minimum Gasteiger partial charge on any atom is -0.490 e. The van der Waals surface area contributed by atoms with Crippen LogP contribution in [0, 0.1) is 5.92 Å². The van der Waals surface area contributed by atoms with Crippen molar-refractivity contribution in [3.05, 3.63) is 23.8 Å².